The Morgan fingerprint density at radius 2 is 1.69 bits per heavy atom. The molecule has 0 aliphatic rings. The third kappa shape index (κ3) is 5.10. The van der Waals surface area contributed by atoms with Gasteiger partial charge in [-0.3, -0.25) is 9.59 Å². The average molecular weight is 462 g/mol. The number of aryl methyl sites for hydroxylation is 1. The second-order valence-electron chi connectivity index (χ2n) is 6.99. The van der Waals surface area contributed by atoms with E-state index in [1.807, 2.05) is 55.5 Å². The molecule has 1 amide bonds. The van der Waals surface area contributed by atoms with E-state index in [9.17, 15) is 9.59 Å². The summed E-state index contributed by atoms with van der Waals surface area (Å²) in [5.41, 5.74) is 2.70. The molecule has 1 heterocycles. The van der Waals surface area contributed by atoms with Gasteiger partial charge in [0.15, 0.2) is 0 Å². The number of nitrogens with one attached hydrogen (secondary N) is 1. The lowest BCUT2D eigenvalue weighted by Gasteiger charge is -2.11. The van der Waals surface area contributed by atoms with Crippen LogP contribution in [0, 0.1) is 0 Å². The SMILES string of the molecule is CCc1ccccc1NC(=O)c1ccc(-n2nc(Sc3ccc(Cl)cc3)ccc2=O)cc1. The number of anilines is 1. The van der Waals surface area contributed by atoms with Crippen molar-refractivity contribution >= 4 is 35.0 Å². The summed E-state index contributed by atoms with van der Waals surface area (Å²) < 4.78 is 1.33. The van der Waals surface area contributed by atoms with Gasteiger partial charge in [0.25, 0.3) is 11.5 Å². The van der Waals surface area contributed by atoms with Gasteiger partial charge in [0.2, 0.25) is 0 Å². The highest BCUT2D eigenvalue weighted by Gasteiger charge is 2.10. The Morgan fingerprint density at radius 1 is 0.969 bits per heavy atom. The minimum atomic E-state index is -0.250. The summed E-state index contributed by atoms with van der Waals surface area (Å²) in [6.45, 7) is 2.05. The van der Waals surface area contributed by atoms with Crippen LogP contribution in [-0.4, -0.2) is 15.7 Å². The van der Waals surface area contributed by atoms with Crippen molar-refractivity contribution in [1.29, 1.82) is 0 Å². The minimum Gasteiger partial charge on any atom is -0.322 e. The first-order valence-corrected chi connectivity index (χ1v) is 11.3. The zero-order valence-electron chi connectivity index (χ0n) is 17.3. The molecule has 0 unspecified atom stereocenters. The summed E-state index contributed by atoms with van der Waals surface area (Å²) >= 11 is 7.37. The zero-order chi connectivity index (χ0) is 22.5. The lowest BCUT2D eigenvalue weighted by Crippen LogP contribution is -2.20. The molecule has 0 bridgehead atoms. The van der Waals surface area contributed by atoms with E-state index in [0.717, 1.165) is 22.6 Å². The third-order valence-electron chi connectivity index (χ3n) is 4.83. The maximum absolute atomic E-state index is 12.7. The zero-order valence-corrected chi connectivity index (χ0v) is 18.9. The van der Waals surface area contributed by atoms with Crippen LogP contribution in [-0.2, 0) is 6.42 Å². The Labute approximate surface area is 195 Å². The number of hydrogen-bond donors (Lipinski definition) is 1. The summed E-state index contributed by atoms with van der Waals surface area (Å²) in [7, 11) is 0. The fraction of sp³-hybridized carbons (Fsp3) is 0.0800. The second kappa shape index (κ2) is 9.85. The van der Waals surface area contributed by atoms with Crippen molar-refractivity contribution in [2.45, 2.75) is 23.3 Å². The molecule has 0 fully saturated rings. The van der Waals surface area contributed by atoms with E-state index in [0.29, 0.717) is 21.3 Å². The van der Waals surface area contributed by atoms with Crippen molar-refractivity contribution in [2.75, 3.05) is 5.32 Å². The number of hydrogen-bond acceptors (Lipinski definition) is 4. The number of nitrogens with zero attached hydrogens (tertiary/aromatic N) is 2. The van der Waals surface area contributed by atoms with Crippen LogP contribution in [0.3, 0.4) is 0 Å². The van der Waals surface area contributed by atoms with Crippen LogP contribution in [0.2, 0.25) is 5.02 Å². The Balaban J connectivity index is 1.54. The summed E-state index contributed by atoms with van der Waals surface area (Å²) in [5.74, 6) is -0.204. The summed E-state index contributed by atoms with van der Waals surface area (Å²) in [6, 6.07) is 25.1. The molecule has 0 saturated heterocycles. The van der Waals surface area contributed by atoms with E-state index in [-0.39, 0.29) is 11.5 Å². The van der Waals surface area contributed by atoms with Gasteiger partial charge in [-0.1, -0.05) is 48.5 Å². The second-order valence-corrected chi connectivity index (χ2v) is 8.52. The highest BCUT2D eigenvalue weighted by molar-refractivity contribution is 7.99. The van der Waals surface area contributed by atoms with Crippen molar-refractivity contribution in [3.8, 4) is 5.69 Å². The van der Waals surface area contributed by atoms with Gasteiger partial charge in [-0.05, 0) is 72.6 Å². The van der Waals surface area contributed by atoms with Crippen LogP contribution >= 0.6 is 23.4 Å². The van der Waals surface area contributed by atoms with Crippen molar-refractivity contribution in [3.63, 3.8) is 0 Å². The van der Waals surface area contributed by atoms with E-state index >= 15 is 0 Å². The summed E-state index contributed by atoms with van der Waals surface area (Å²) in [5, 5.41) is 8.74. The largest absolute Gasteiger partial charge is 0.322 e. The predicted octanol–water partition coefficient (Wildman–Crippen LogP) is 5.85. The summed E-state index contributed by atoms with van der Waals surface area (Å²) in [4.78, 5) is 26.0. The normalized spacial score (nSPS) is 10.7. The van der Waals surface area contributed by atoms with Crippen LogP contribution in [0.5, 0.6) is 0 Å². The Kier molecular flexibility index (Phi) is 6.73. The average Bonchev–Trinajstić information content (AvgIpc) is 2.82. The molecule has 1 aromatic heterocycles. The molecule has 0 spiro atoms. The molecule has 4 aromatic rings. The summed E-state index contributed by atoms with van der Waals surface area (Å²) in [6.07, 6.45) is 0.828. The number of para-hydroxylation sites is 1. The highest BCUT2D eigenvalue weighted by atomic mass is 35.5. The standard InChI is InChI=1S/C25H20ClN3O2S/c1-2-17-5-3-4-6-22(17)27-25(31)18-7-11-20(12-8-18)29-24(30)16-15-23(28-29)32-21-13-9-19(26)10-14-21/h3-16H,2H2,1H3,(H,27,31). The van der Waals surface area contributed by atoms with Gasteiger partial charge >= 0.3 is 0 Å². The maximum atomic E-state index is 12.7. The van der Waals surface area contributed by atoms with E-state index < -0.39 is 0 Å². The van der Waals surface area contributed by atoms with E-state index in [2.05, 4.69) is 10.4 Å². The molecule has 32 heavy (non-hydrogen) atoms. The molecular weight excluding hydrogens is 442 g/mol. The van der Waals surface area contributed by atoms with Crippen LogP contribution < -0.4 is 10.9 Å². The molecular formula is C25H20ClN3O2S. The van der Waals surface area contributed by atoms with Crippen LogP contribution in [0.15, 0.2) is 99.6 Å². The van der Waals surface area contributed by atoms with Crippen LogP contribution in [0.4, 0.5) is 5.69 Å². The van der Waals surface area contributed by atoms with Gasteiger partial charge in [0.05, 0.1) is 5.69 Å². The fourth-order valence-corrected chi connectivity index (χ4v) is 4.05. The lowest BCUT2D eigenvalue weighted by molar-refractivity contribution is 0.102. The molecule has 0 atom stereocenters. The van der Waals surface area contributed by atoms with Gasteiger partial charge < -0.3 is 5.32 Å². The lowest BCUT2D eigenvalue weighted by atomic mass is 10.1. The van der Waals surface area contributed by atoms with Crippen molar-refractivity contribution in [1.82, 2.24) is 9.78 Å². The van der Waals surface area contributed by atoms with Gasteiger partial charge in [-0.15, -0.1) is 0 Å². The number of carbonyl (C=O) groups is 1. The number of rotatable bonds is 6. The Hall–Kier alpha value is -3.35. The first kappa shape index (κ1) is 21.9. The monoisotopic (exact) mass is 461 g/mol. The molecule has 0 radical (unpaired) electrons. The molecule has 3 aromatic carbocycles. The topological polar surface area (TPSA) is 64.0 Å². The third-order valence-corrected chi connectivity index (χ3v) is 6.02. The molecule has 0 aliphatic heterocycles. The Morgan fingerprint density at radius 3 is 2.41 bits per heavy atom. The number of halogens is 1. The number of amides is 1. The van der Waals surface area contributed by atoms with E-state index in [1.165, 1.54) is 22.5 Å². The number of benzene rings is 3. The van der Waals surface area contributed by atoms with Crippen molar-refractivity contribution in [2.24, 2.45) is 0 Å². The van der Waals surface area contributed by atoms with Gasteiger partial charge in [-0.2, -0.15) is 9.78 Å². The quantitative estimate of drug-likeness (QED) is 0.391. The molecule has 7 heteroatoms. The predicted molar refractivity (Wildman–Crippen MR) is 129 cm³/mol. The minimum absolute atomic E-state index is 0.204. The molecule has 0 saturated carbocycles. The highest BCUT2D eigenvalue weighted by Crippen LogP contribution is 2.26. The van der Waals surface area contributed by atoms with Crippen molar-refractivity contribution in [3.05, 3.63) is 111 Å². The first-order valence-electron chi connectivity index (χ1n) is 10.1. The van der Waals surface area contributed by atoms with E-state index in [4.69, 9.17) is 11.6 Å². The molecule has 0 aliphatic carbocycles. The maximum Gasteiger partial charge on any atom is 0.271 e. The van der Waals surface area contributed by atoms with Crippen LogP contribution in [0.25, 0.3) is 5.69 Å². The van der Waals surface area contributed by atoms with E-state index in [1.54, 1.807) is 30.3 Å². The molecule has 160 valence electrons. The van der Waals surface area contributed by atoms with Gasteiger partial charge in [-0.25, -0.2) is 0 Å². The first-order chi connectivity index (χ1) is 15.5. The molecule has 1 N–H and O–H groups in total. The van der Waals surface area contributed by atoms with Crippen LogP contribution in [0.1, 0.15) is 22.8 Å². The number of carbonyl (C=O) groups excluding carboxylic acids is 1. The smallest absolute Gasteiger partial charge is 0.271 e. The van der Waals surface area contributed by atoms with Gasteiger partial charge in [0, 0.05) is 27.2 Å². The number of aromatic nitrogens is 2. The Bertz CT molecular complexity index is 1300. The molecule has 4 rings (SSSR count). The van der Waals surface area contributed by atoms with Crippen molar-refractivity contribution < 1.29 is 4.79 Å². The van der Waals surface area contributed by atoms with Gasteiger partial charge in [0.1, 0.15) is 5.03 Å². The molecule has 5 nitrogen and oxygen atoms in total. The fourth-order valence-electron chi connectivity index (χ4n) is 3.16.